The summed E-state index contributed by atoms with van der Waals surface area (Å²) >= 11 is 0. The maximum atomic E-state index is 13.0. The van der Waals surface area contributed by atoms with Crippen LogP contribution in [0.3, 0.4) is 0 Å². The first kappa shape index (κ1) is 15.5. The van der Waals surface area contributed by atoms with Gasteiger partial charge in [0.05, 0.1) is 11.9 Å². The Morgan fingerprint density at radius 3 is 2.71 bits per heavy atom. The number of rotatable bonds is 4. The molecule has 2 N–H and O–H groups in total. The molecule has 7 heteroatoms. The van der Waals surface area contributed by atoms with Crippen molar-refractivity contribution in [3.63, 3.8) is 0 Å². The lowest BCUT2D eigenvalue weighted by Gasteiger charge is -2.06. The molecule has 0 radical (unpaired) electrons. The average molecular weight is 323 g/mol. The van der Waals surface area contributed by atoms with E-state index in [0.717, 1.165) is 5.56 Å². The molecule has 6 nitrogen and oxygen atoms in total. The fourth-order valence-electron chi connectivity index (χ4n) is 2.06. The molecule has 24 heavy (non-hydrogen) atoms. The Labute approximate surface area is 137 Å². The molecule has 2 aromatic heterocycles. The molecule has 0 saturated carbocycles. The predicted molar refractivity (Wildman–Crippen MR) is 89.9 cm³/mol. The molecule has 3 rings (SSSR count). The van der Waals surface area contributed by atoms with Gasteiger partial charge in [-0.3, -0.25) is 5.32 Å². The number of halogens is 1. The highest BCUT2D eigenvalue weighted by atomic mass is 19.1. The molecule has 3 aromatic rings. The number of hydrogen-bond donors (Lipinski definition) is 2. The van der Waals surface area contributed by atoms with Gasteiger partial charge in [0.25, 0.3) is 0 Å². The monoisotopic (exact) mass is 323 g/mol. The quantitative estimate of drug-likeness (QED) is 0.723. The van der Waals surface area contributed by atoms with Crippen LogP contribution in [0.1, 0.15) is 0 Å². The van der Waals surface area contributed by atoms with Crippen LogP contribution in [0.2, 0.25) is 0 Å². The normalized spacial score (nSPS) is 10.4. The number of amides is 2. The summed E-state index contributed by atoms with van der Waals surface area (Å²) in [5, 5.41) is 5.19. The number of hydrogen-bond acceptors (Lipinski definition) is 4. The second-order valence-corrected chi connectivity index (χ2v) is 4.93. The Hall–Kier alpha value is -3.35. The number of nitrogens with zero attached hydrogens (tertiary/aromatic N) is 3. The third-order valence-electron chi connectivity index (χ3n) is 3.19. The van der Waals surface area contributed by atoms with Gasteiger partial charge in [-0.2, -0.15) is 0 Å². The maximum Gasteiger partial charge on any atom is 0.320 e. The summed E-state index contributed by atoms with van der Waals surface area (Å²) in [6.07, 6.45) is 3.14. The SMILES string of the molecule is C=CCNC(=O)Nc1ccc2nc(-c3ccc(F)cc3)cnc2n1. The summed E-state index contributed by atoms with van der Waals surface area (Å²) in [7, 11) is 0. The van der Waals surface area contributed by atoms with Crippen LogP contribution in [0.15, 0.2) is 55.3 Å². The molecular weight excluding hydrogens is 309 g/mol. The van der Waals surface area contributed by atoms with Crippen molar-refractivity contribution in [1.82, 2.24) is 20.3 Å². The Morgan fingerprint density at radius 1 is 1.17 bits per heavy atom. The van der Waals surface area contributed by atoms with E-state index >= 15 is 0 Å². The largest absolute Gasteiger partial charge is 0.334 e. The molecule has 0 bridgehead atoms. The van der Waals surface area contributed by atoms with Crippen LogP contribution in [0.5, 0.6) is 0 Å². The number of pyridine rings is 1. The van der Waals surface area contributed by atoms with Crippen molar-refractivity contribution in [1.29, 1.82) is 0 Å². The van der Waals surface area contributed by atoms with Crippen LogP contribution in [-0.2, 0) is 0 Å². The molecule has 0 spiro atoms. The third kappa shape index (κ3) is 3.52. The minimum Gasteiger partial charge on any atom is -0.334 e. The molecule has 2 heterocycles. The zero-order valence-corrected chi connectivity index (χ0v) is 12.7. The number of fused-ring (bicyclic) bond motifs is 1. The summed E-state index contributed by atoms with van der Waals surface area (Å²) in [5.74, 6) is 0.0625. The van der Waals surface area contributed by atoms with E-state index in [1.165, 1.54) is 12.1 Å². The van der Waals surface area contributed by atoms with E-state index < -0.39 is 0 Å². The number of aromatic nitrogens is 3. The minimum absolute atomic E-state index is 0.306. The third-order valence-corrected chi connectivity index (χ3v) is 3.19. The zero-order chi connectivity index (χ0) is 16.9. The van der Waals surface area contributed by atoms with E-state index in [2.05, 4.69) is 32.2 Å². The summed E-state index contributed by atoms with van der Waals surface area (Å²) in [5.41, 5.74) is 2.36. The smallest absolute Gasteiger partial charge is 0.320 e. The van der Waals surface area contributed by atoms with Gasteiger partial charge in [-0.1, -0.05) is 6.08 Å². The van der Waals surface area contributed by atoms with Gasteiger partial charge in [-0.25, -0.2) is 24.1 Å². The van der Waals surface area contributed by atoms with Gasteiger partial charge in [0.1, 0.15) is 17.2 Å². The van der Waals surface area contributed by atoms with Crippen molar-refractivity contribution in [2.75, 3.05) is 11.9 Å². The Balaban J connectivity index is 1.84. The second kappa shape index (κ2) is 6.82. The van der Waals surface area contributed by atoms with Crippen molar-refractivity contribution >= 4 is 23.0 Å². The fourth-order valence-corrected chi connectivity index (χ4v) is 2.06. The molecule has 0 aliphatic heterocycles. The van der Waals surface area contributed by atoms with Gasteiger partial charge in [-0.15, -0.1) is 6.58 Å². The number of benzene rings is 1. The van der Waals surface area contributed by atoms with E-state index in [0.29, 0.717) is 29.2 Å². The first-order valence-corrected chi connectivity index (χ1v) is 7.21. The van der Waals surface area contributed by atoms with Crippen molar-refractivity contribution < 1.29 is 9.18 Å². The zero-order valence-electron chi connectivity index (χ0n) is 12.7. The number of carbonyl (C=O) groups is 1. The summed E-state index contributed by atoms with van der Waals surface area (Å²) in [6.45, 7) is 3.88. The first-order valence-electron chi connectivity index (χ1n) is 7.21. The molecule has 1 aromatic carbocycles. The highest BCUT2D eigenvalue weighted by Gasteiger charge is 2.07. The highest BCUT2D eigenvalue weighted by Crippen LogP contribution is 2.19. The van der Waals surface area contributed by atoms with Gasteiger partial charge in [0.2, 0.25) is 0 Å². The van der Waals surface area contributed by atoms with Crippen LogP contribution >= 0.6 is 0 Å². The van der Waals surface area contributed by atoms with E-state index in [4.69, 9.17) is 0 Å². The maximum absolute atomic E-state index is 13.0. The summed E-state index contributed by atoms with van der Waals surface area (Å²) < 4.78 is 13.0. The van der Waals surface area contributed by atoms with Crippen LogP contribution < -0.4 is 10.6 Å². The predicted octanol–water partition coefficient (Wildman–Crippen LogP) is 3.14. The van der Waals surface area contributed by atoms with Crippen molar-refractivity contribution in [3.8, 4) is 11.3 Å². The standard InChI is InChI=1S/C17H14FN5O/c1-2-9-19-17(24)23-15-8-7-13-16(22-15)20-10-14(21-13)11-3-5-12(18)6-4-11/h2-8,10H,1,9H2,(H2,19,20,22,23,24). The molecule has 2 amide bonds. The number of anilines is 1. The Morgan fingerprint density at radius 2 is 1.96 bits per heavy atom. The molecule has 0 unspecified atom stereocenters. The van der Waals surface area contributed by atoms with Crippen molar-refractivity contribution in [3.05, 3.63) is 61.1 Å². The minimum atomic E-state index is -0.377. The summed E-state index contributed by atoms with van der Waals surface area (Å²) in [6, 6.07) is 8.99. The summed E-state index contributed by atoms with van der Waals surface area (Å²) in [4.78, 5) is 24.5. The van der Waals surface area contributed by atoms with Crippen LogP contribution in [0.25, 0.3) is 22.4 Å². The lowest BCUT2D eigenvalue weighted by molar-refractivity contribution is 0.253. The Kier molecular flexibility index (Phi) is 4.42. The molecule has 0 fully saturated rings. The first-order chi connectivity index (χ1) is 11.7. The van der Waals surface area contributed by atoms with Crippen LogP contribution in [0.4, 0.5) is 15.0 Å². The van der Waals surface area contributed by atoms with Gasteiger partial charge >= 0.3 is 6.03 Å². The molecule has 0 aliphatic carbocycles. The molecular formula is C17H14FN5O. The molecule has 120 valence electrons. The number of nitrogens with one attached hydrogen (secondary N) is 2. The lowest BCUT2D eigenvalue weighted by atomic mass is 10.1. The van der Waals surface area contributed by atoms with Gasteiger partial charge in [-0.05, 0) is 36.4 Å². The average Bonchev–Trinajstić information content (AvgIpc) is 2.60. The fraction of sp³-hybridized carbons (Fsp3) is 0.0588. The molecule has 0 aliphatic rings. The number of carbonyl (C=O) groups excluding carboxylic acids is 1. The lowest BCUT2D eigenvalue weighted by Crippen LogP contribution is -2.28. The van der Waals surface area contributed by atoms with Gasteiger partial charge in [0.15, 0.2) is 5.65 Å². The second-order valence-electron chi connectivity index (χ2n) is 4.93. The van der Waals surface area contributed by atoms with Crippen LogP contribution in [-0.4, -0.2) is 27.5 Å². The van der Waals surface area contributed by atoms with E-state index in [-0.39, 0.29) is 11.8 Å². The number of urea groups is 1. The van der Waals surface area contributed by atoms with E-state index in [9.17, 15) is 9.18 Å². The van der Waals surface area contributed by atoms with Gasteiger partial charge < -0.3 is 5.32 Å². The highest BCUT2D eigenvalue weighted by molar-refractivity contribution is 5.89. The van der Waals surface area contributed by atoms with Crippen molar-refractivity contribution in [2.24, 2.45) is 0 Å². The van der Waals surface area contributed by atoms with E-state index in [1.807, 2.05) is 0 Å². The molecule has 0 atom stereocenters. The topological polar surface area (TPSA) is 79.8 Å². The van der Waals surface area contributed by atoms with Crippen molar-refractivity contribution in [2.45, 2.75) is 0 Å². The Bertz CT molecular complexity index is 895. The van der Waals surface area contributed by atoms with Crippen LogP contribution in [0, 0.1) is 5.82 Å². The van der Waals surface area contributed by atoms with Gasteiger partial charge in [0, 0.05) is 12.1 Å². The van der Waals surface area contributed by atoms with E-state index in [1.54, 1.807) is 36.5 Å². The molecule has 0 saturated heterocycles.